The molecule has 0 saturated heterocycles. The van der Waals surface area contributed by atoms with E-state index in [2.05, 4.69) is 139 Å². The highest BCUT2D eigenvalue weighted by atomic mass is 15.2. The van der Waals surface area contributed by atoms with Crippen molar-refractivity contribution in [3.8, 4) is 11.1 Å². The van der Waals surface area contributed by atoms with Gasteiger partial charge >= 0.3 is 0 Å². The molecule has 6 aromatic rings. The van der Waals surface area contributed by atoms with Crippen molar-refractivity contribution in [2.24, 2.45) is 4.99 Å². The Morgan fingerprint density at radius 3 is 2.32 bits per heavy atom. The molecule has 1 aromatic heterocycles. The van der Waals surface area contributed by atoms with Gasteiger partial charge in [0.15, 0.2) is 0 Å². The summed E-state index contributed by atoms with van der Waals surface area (Å²) in [5.74, 6) is 0.997. The zero-order valence-corrected chi connectivity index (χ0v) is 21.4. The van der Waals surface area contributed by atoms with Crippen molar-refractivity contribution in [1.82, 2.24) is 4.57 Å². The van der Waals surface area contributed by atoms with E-state index in [0.29, 0.717) is 0 Å². The summed E-state index contributed by atoms with van der Waals surface area (Å²) in [5.41, 5.74) is 11.0. The van der Waals surface area contributed by atoms with E-state index in [0.717, 1.165) is 17.2 Å². The molecule has 0 spiro atoms. The van der Waals surface area contributed by atoms with Gasteiger partial charge in [-0.05, 0) is 40.5 Å². The first kappa shape index (κ1) is 21.5. The molecule has 182 valence electrons. The summed E-state index contributed by atoms with van der Waals surface area (Å²) in [5, 5.41) is 6.35. The number of anilines is 1. The van der Waals surface area contributed by atoms with Crippen molar-refractivity contribution in [3.05, 3.63) is 132 Å². The van der Waals surface area contributed by atoms with Crippen LogP contribution >= 0.6 is 0 Å². The van der Waals surface area contributed by atoms with Crippen LogP contribution in [-0.2, 0) is 5.41 Å². The number of fused-ring (bicyclic) bond motifs is 8. The smallest absolute Gasteiger partial charge is 0.141 e. The maximum absolute atomic E-state index is 5.38. The molecule has 2 aliphatic rings. The number of hydrogen-bond donors (Lipinski definition) is 1. The predicted molar refractivity (Wildman–Crippen MR) is 159 cm³/mol. The number of aliphatic imine (C=N–C) groups is 1. The van der Waals surface area contributed by atoms with Gasteiger partial charge in [0.2, 0.25) is 0 Å². The highest BCUT2D eigenvalue weighted by Crippen LogP contribution is 2.52. The molecule has 2 heterocycles. The Hall–Kier alpha value is -4.63. The summed E-state index contributed by atoms with van der Waals surface area (Å²) < 4.78 is 2.43. The van der Waals surface area contributed by atoms with Crippen LogP contribution in [0.1, 0.15) is 36.6 Å². The van der Waals surface area contributed by atoms with Crippen molar-refractivity contribution in [2.45, 2.75) is 25.3 Å². The molecule has 1 atom stereocenters. The highest BCUT2D eigenvalue weighted by Gasteiger charge is 2.38. The molecule has 0 amide bonds. The molecular weight excluding hydrogens is 462 g/mol. The van der Waals surface area contributed by atoms with Gasteiger partial charge in [0, 0.05) is 21.8 Å². The lowest BCUT2D eigenvalue weighted by Gasteiger charge is -2.29. The maximum Gasteiger partial charge on any atom is 0.141 e. The van der Waals surface area contributed by atoms with Gasteiger partial charge in [-0.25, -0.2) is 4.99 Å². The fourth-order valence-electron chi connectivity index (χ4n) is 6.64. The minimum absolute atomic E-state index is 0.0700. The van der Waals surface area contributed by atoms with Crippen LogP contribution in [0.2, 0.25) is 0 Å². The van der Waals surface area contributed by atoms with Gasteiger partial charge in [-0.15, -0.1) is 0 Å². The molecule has 5 aromatic carbocycles. The van der Waals surface area contributed by atoms with E-state index in [-0.39, 0.29) is 11.5 Å². The van der Waals surface area contributed by atoms with Crippen LogP contribution in [0.25, 0.3) is 32.9 Å². The number of para-hydroxylation sites is 3. The predicted octanol–water partition coefficient (Wildman–Crippen LogP) is 8.85. The molecular formula is C35H27N3. The number of hydrogen-bond acceptors (Lipinski definition) is 2. The molecule has 1 unspecified atom stereocenters. The zero-order chi connectivity index (χ0) is 25.4. The van der Waals surface area contributed by atoms with Crippen LogP contribution in [0.5, 0.6) is 0 Å². The highest BCUT2D eigenvalue weighted by molar-refractivity contribution is 6.21. The van der Waals surface area contributed by atoms with Crippen LogP contribution in [0.3, 0.4) is 0 Å². The average molecular weight is 490 g/mol. The molecule has 3 nitrogen and oxygen atoms in total. The van der Waals surface area contributed by atoms with E-state index in [4.69, 9.17) is 4.99 Å². The lowest BCUT2D eigenvalue weighted by atomic mass is 9.82. The molecule has 0 radical (unpaired) electrons. The van der Waals surface area contributed by atoms with E-state index < -0.39 is 0 Å². The molecule has 1 N–H and O–H groups in total. The monoisotopic (exact) mass is 489 g/mol. The number of rotatable bonds is 1. The fourth-order valence-corrected chi connectivity index (χ4v) is 6.64. The molecule has 0 saturated carbocycles. The van der Waals surface area contributed by atoms with Gasteiger partial charge in [0.1, 0.15) is 11.9 Å². The second-order valence-corrected chi connectivity index (χ2v) is 10.9. The Morgan fingerprint density at radius 1 is 0.684 bits per heavy atom. The first-order chi connectivity index (χ1) is 18.6. The van der Waals surface area contributed by atoms with Crippen LogP contribution in [0, 0.1) is 0 Å². The van der Waals surface area contributed by atoms with E-state index in [1.807, 2.05) is 0 Å². The van der Waals surface area contributed by atoms with E-state index in [1.54, 1.807) is 0 Å². The Balaban J connectivity index is 1.54. The Bertz CT molecular complexity index is 1920. The van der Waals surface area contributed by atoms with Gasteiger partial charge in [0.05, 0.1) is 22.4 Å². The standard InChI is InChI=1S/C35H27N3/c1-35(2)26-16-8-6-15-25(26)31-27(35)21-20-24-23-14-7-11-19-30(23)38(33(24)31)34-32(22-12-4-3-5-13-22)36-28-17-9-10-18-29(28)37-34/h3-21,32,36H,1-2H3. The first-order valence-electron chi connectivity index (χ1n) is 13.3. The molecule has 1 aliphatic heterocycles. The SMILES string of the molecule is CC1(C)c2ccccc2-c2c1ccc1c3ccccc3n(C3=Nc4ccccc4NC3c3ccccc3)c21. The topological polar surface area (TPSA) is 29.3 Å². The molecule has 0 fully saturated rings. The third-order valence-corrected chi connectivity index (χ3v) is 8.44. The normalized spacial score (nSPS) is 17.0. The molecule has 8 rings (SSSR count). The van der Waals surface area contributed by atoms with Crippen LogP contribution in [0.4, 0.5) is 11.4 Å². The average Bonchev–Trinajstić information content (AvgIpc) is 3.42. The summed E-state index contributed by atoms with van der Waals surface area (Å²) in [6.07, 6.45) is 0. The summed E-state index contributed by atoms with van der Waals surface area (Å²) in [6.45, 7) is 4.69. The minimum Gasteiger partial charge on any atom is -0.370 e. The van der Waals surface area contributed by atoms with E-state index >= 15 is 0 Å². The van der Waals surface area contributed by atoms with Crippen LogP contribution in [0.15, 0.2) is 120 Å². The maximum atomic E-state index is 5.38. The van der Waals surface area contributed by atoms with E-state index in [1.165, 1.54) is 49.6 Å². The first-order valence-corrected chi connectivity index (χ1v) is 13.3. The molecule has 0 bridgehead atoms. The second-order valence-electron chi connectivity index (χ2n) is 10.9. The summed E-state index contributed by atoms with van der Waals surface area (Å²) >= 11 is 0. The number of aromatic nitrogens is 1. The quantitative estimate of drug-likeness (QED) is 0.246. The molecule has 38 heavy (non-hydrogen) atoms. The summed E-state index contributed by atoms with van der Waals surface area (Å²) in [7, 11) is 0. The molecule has 3 heteroatoms. The van der Waals surface area contributed by atoms with Gasteiger partial charge < -0.3 is 5.32 Å². The lowest BCUT2D eigenvalue weighted by molar-refractivity contribution is 0.661. The van der Waals surface area contributed by atoms with Crippen molar-refractivity contribution in [3.63, 3.8) is 0 Å². The minimum atomic E-state index is -0.0920. The van der Waals surface area contributed by atoms with Crippen LogP contribution in [-0.4, -0.2) is 10.4 Å². The Labute approximate surface area is 222 Å². The second kappa shape index (κ2) is 7.69. The number of benzene rings is 5. The van der Waals surface area contributed by atoms with Crippen LogP contribution < -0.4 is 5.32 Å². The van der Waals surface area contributed by atoms with Crippen molar-refractivity contribution < 1.29 is 0 Å². The van der Waals surface area contributed by atoms with Gasteiger partial charge in [-0.1, -0.05) is 111 Å². The van der Waals surface area contributed by atoms with Crippen molar-refractivity contribution >= 4 is 39.0 Å². The van der Waals surface area contributed by atoms with Gasteiger partial charge in [-0.2, -0.15) is 0 Å². The zero-order valence-electron chi connectivity index (χ0n) is 21.4. The number of nitrogens with one attached hydrogen (secondary N) is 1. The number of nitrogens with zero attached hydrogens (tertiary/aromatic N) is 2. The third kappa shape index (κ3) is 2.82. The van der Waals surface area contributed by atoms with Crippen molar-refractivity contribution in [2.75, 3.05) is 5.32 Å². The van der Waals surface area contributed by atoms with Gasteiger partial charge in [0.25, 0.3) is 0 Å². The third-order valence-electron chi connectivity index (χ3n) is 8.44. The largest absolute Gasteiger partial charge is 0.370 e. The van der Waals surface area contributed by atoms with Crippen molar-refractivity contribution in [1.29, 1.82) is 0 Å². The fraction of sp³-hybridized carbons (Fsp3) is 0.114. The Kier molecular flexibility index (Phi) is 4.34. The summed E-state index contributed by atoms with van der Waals surface area (Å²) in [6, 6.07) is 41.3. The lowest BCUT2D eigenvalue weighted by Crippen LogP contribution is -2.29. The van der Waals surface area contributed by atoms with E-state index in [9.17, 15) is 0 Å². The summed E-state index contributed by atoms with van der Waals surface area (Å²) in [4.78, 5) is 5.38. The Morgan fingerprint density at radius 2 is 1.42 bits per heavy atom. The van der Waals surface area contributed by atoms with Gasteiger partial charge in [-0.3, -0.25) is 4.57 Å². The molecule has 1 aliphatic carbocycles.